The van der Waals surface area contributed by atoms with Crippen LogP contribution in [-0.2, 0) is 11.2 Å². The van der Waals surface area contributed by atoms with E-state index in [0.29, 0.717) is 44.8 Å². The average Bonchev–Trinajstić information content (AvgIpc) is 2.82. The van der Waals surface area contributed by atoms with Gasteiger partial charge in [0.25, 0.3) is 5.91 Å². The third-order valence-electron chi connectivity index (χ3n) is 2.13. The lowest BCUT2D eigenvalue weighted by Crippen LogP contribution is -2.25. The maximum Gasteiger partial charge on any atom is 0.270 e. The molecule has 0 bridgehead atoms. The van der Waals surface area contributed by atoms with Crippen LogP contribution in [0.15, 0.2) is 5.38 Å². The van der Waals surface area contributed by atoms with E-state index in [0.717, 1.165) is 5.01 Å². The Kier molecular flexibility index (Phi) is 7.51. The second-order valence-corrected chi connectivity index (χ2v) is 4.55. The number of nitrogens with one attached hydrogen (secondary N) is 1. The molecule has 0 aromatic carbocycles. The molecule has 1 amide bonds. The second kappa shape index (κ2) is 8.98. The molecule has 0 spiro atoms. The number of hydrogen-bond donors (Lipinski definition) is 3. The largest absolute Gasteiger partial charge is 0.394 e. The van der Waals surface area contributed by atoms with E-state index in [-0.39, 0.29) is 12.5 Å². The minimum absolute atomic E-state index is 0.0229. The van der Waals surface area contributed by atoms with Gasteiger partial charge in [-0.25, -0.2) is 4.98 Å². The second-order valence-electron chi connectivity index (χ2n) is 3.61. The van der Waals surface area contributed by atoms with Gasteiger partial charge in [-0.1, -0.05) is 0 Å². The van der Waals surface area contributed by atoms with Crippen LogP contribution in [0.2, 0.25) is 0 Å². The van der Waals surface area contributed by atoms with Crippen molar-refractivity contribution in [3.05, 3.63) is 16.1 Å². The maximum atomic E-state index is 11.7. The standard InChI is InChI=1S/C11H19N3O3S/c12-3-2-10-14-9(8-18-10)11(16)13-4-1-6-17-7-5-15/h8,15H,1-7,12H2,(H,13,16). The van der Waals surface area contributed by atoms with Crippen LogP contribution in [0.1, 0.15) is 21.9 Å². The summed E-state index contributed by atoms with van der Waals surface area (Å²) in [5.41, 5.74) is 5.86. The normalized spacial score (nSPS) is 10.6. The summed E-state index contributed by atoms with van der Waals surface area (Å²) in [4.78, 5) is 15.9. The Balaban J connectivity index is 2.19. The Labute approximate surface area is 110 Å². The number of rotatable bonds is 9. The number of hydrogen-bond acceptors (Lipinski definition) is 6. The summed E-state index contributed by atoms with van der Waals surface area (Å²) in [6.07, 6.45) is 1.42. The molecule has 0 atom stereocenters. The highest BCUT2D eigenvalue weighted by atomic mass is 32.1. The van der Waals surface area contributed by atoms with Crippen LogP contribution in [0.3, 0.4) is 0 Å². The summed E-state index contributed by atoms with van der Waals surface area (Å²) in [5, 5.41) is 13.9. The molecule has 0 aliphatic rings. The molecule has 1 aromatic rings. The SMILES string of the molecule is NCCc1nc(C(=O)NCCCOCCO)cs1. The quantitative estimate of drug-likeness (QED) is 0.540. The highest BCUT2D eigenvalue weighted by molar-refractivity contribution is 7.09. The third-order valence-corrected chi connectivity index (χ3v) is 3.04. The van der Waals surface area contributed by atoms with Crippen LogP contribution >= 0.6 is 11.3 Å². The minimum atomic E-state index is -0.170. The zero-order valence-electron chi connectivity index (χ0n) is 10.2. The van der Waals surface area contributed by atoms with Gasteiger partial charge in [-0.05, 0) is 13.0 Å². The van der Waals surface area contributed by atoms with Crippen molar-refractivity contribution >= 4 is 17.2 Å². The zero-order valence-corrected chi connectivity index (χ0v) is 11.0. The van der Waals surface area contributed by atoms with E-state index < -0.39 is 0 Å². The van der Waals surface area contributed by atoms with Crippen LogP contribution in [0.4, 0.5) is 0 Å². The fourth-order valence-corrected chi connectivity index (χ4v) is 2.08. The molecule has 1 rings (SSSR count). The number of amides is 1. The first-order valence-electron chi connectivity index (χ1n) is 5.89. The number of thiazole rings is 1. The summed E-state index contributed by atoms with van der Waals surface area (Å²) in [7, 11) is 0. The van der Waals surface area contributed by atoms with Crippen molar-refractivity contribution in [1.29, 1.82) is 0 Å². The van der Waals surface area contributed by atoms with Gasteiger partial charge < -0.3 is 20.9 Å². The van der Waals surface area contributed by atoms with E-state index >= 15 is 0 Å². The van der Waals surface area contributed by atoms with Crippen molar-refractivity contribution in [2.45, 2.75) is 12.8 Å². The molecule has 0 aliphatic heterocycles. The van der Waals surface area contributed by atoms with Gasteiger partial charge in [0.15, 0.2) is 0 Å². The average molecular weight is 273 g/mol. The van der Waals surface area contributed by atoms with E-state index in [1.807, 2.05) is 0 Å². The lowest BCUT2D eigenvalue weighted by atomic mass is 10.4. The molecule has 0 saturated carbocycles. The molecule has 0 unspecified atom stereocenters. The van der Waals surface area contributed by atoms with E-state index in [1.165, 1.54) is 11.3 Å². The molecule has 0 fully saturated rings. The Morgan fingerprint density at radius 3 is 3.11 bits per heavy atom. The highest BCUT2D eigenvalue weighted by Gasteiger charge is 2.09. The van der Waals surface area contributed by atoms with Gasteiger partial charge in [0.2, 0.25) is 0 Å². The first-order valence-corrected chi connectivity index (χ1v) is 6.77. The van der Waals surface area contributed by atoms with E-state index in [1.54, 1.807) is 5.38 Å². The van der Waals surface area contributed by atoms with E-state index in [4.69, 9.17) is 15.6 Å². The Hall–Kier alpha value is -1.02. The van der Waals surface area contributed by atoms with Crippen LogP contribution < -0.4 is 11.1 Å². The third kappa shape index (κ3) is 5.54. The number of aromatic nitrogens is 1. The molecule has 18 heavy (non-hydrogen) atoms. The molecular formula is C11H19N3O3S. The van der Waals surface area contributed by atoms with Crippen molar-refractivity contribution in [3.63, 3.8) is 0 Å². The lowest BCUT2D eigenvalue weighted by Gasteiger charge is -2.03. The number of nitrogens with zero attached hydrogens (tertiary/aromatic N) is 1. The number of carbonyl (C=O) groups excluding carboxylic acids is 1. The fraction of sp³-hybridized carbons (Fsp3) is 0.636. The number of carbonyl (C=O) groups is 1. The van der Waals surface area contributed by atoms with Crippen LogP contribution in [0, 0.1) is 0 Å². The van der Waals surface area contributed by atoms with E-state index in [9.17, 15) is 4.79 Å². The molecule has 0 radical (unpaired) electrons. The van der Waals surface area contributed by atoms with Gasteiger partial charge in [-0.2, -0.15) is 0 Å². The Morgan fingerprint density at radius 2 is 2.39 bits per heavy atom. The smallest absolute Gasteiger partial charge is 0.270 e. The van der Waals surface area contributed by atoms with Crippen molar-refractivity contribution in [1.82, 2.24) is 10.3 Å². The van der Waals surface area contributed by atoms with Gasteiger partial charge in [-0.15, -0.1) is 11.3 Å². The number of aliphatic hydroxyl groups is 1. The van der Waals surface area contributed by atoms with Gasteiger partial charge >= 0.3 is 0 Å². The van der Waals surface area contributed by atoms with Crippen molar-refractivity contribution in [2.24, 2.45) is 5.73 Å². The van der Waals surface area contributed by atoms with Gasteiger partial charge in [0, 0.05) is 25.0 Å². The fourth-order valence-electron chi connectivity index (χ4n) is 1.29. The number of aliphatic hydroxyl groups excluding tert-OH is 1. The maximum absolute atomic E-state index is 11.7. The monoisotopic (exact) mass is 273 g/mol. The molecule has 1 heterocycles. The highest BCUT2D eigenvalue weighted by Crippen LogP contribution is 2.09. The molecule has 7 heteroatoms. The minimum Gasteiger partial charge on any atom is -0.394 e. The molecule has 0 aliphatic carbocycles. The van der Waals surface area contributed by atoms with Crippen LogP contribution in [0.25, 0.3) is 0 Å². The molecular weight excluding hydrogens is 254 g/mol. The first kappa shape index (κ1) is 15.0. The predicted molar refractivity (Wildman–Crippen MR) is 69.7 cm³/mol. The van der Waals surface area contributed by atoms with Gasteiger partial charge in [0.05, 0.1) is 18.2 Å². The van der Waals surface area contributed by atoms with Crippen LogP contribution in [-0.4, -0.2) is 48.9 Å². The van der Waals surface area contributed by atoms with E-state index in [2.05, 4.69) is 10.3 Å². The Morgan fingerprint density at radius 1 is 1.56 bits per heavy atom. The van der Waals surface area contributed by atoms with Crippen LogP contribution in [0.5, 0.6) is 0 Å². The summed E-state index contributed by atoms with van der Waals surface area (Å²) in [5.74, 6) is -0.170. The van der Waals surface area contributed by atoms with Crippen molar-refractivity contribution < 1.29 is 14.6 Å². The Bertz CT molecular complexity index is 357. The van der Waals surface area contributed by atoms with Gasteiger partial charge in [0.1, 0.15) is 5.69 Å². The van der Waals surface area contributed by atoms with Crippen molar-refractivity contribution in [2.75, 3.05) is 32.9 Å². The molecule has 0 saturated heterocycles. The zero-order chi connectivity index (χ0) is 13.2. The summed E-state index contributed by atoms with van der Waals surface area (Å²) in [6.45, 7) is 1.96. The topological polar surface area (TPSA) is 97.5 Å². The summed E-state index contributed by atoms with van der Waals surface area (Å²) < 4.78 is 5.08. The lowest BCUT2D eigenvalue weighted by molar-refractivity contribution is 0.0866. The number of ether oxygens (including phenoxy) is 1. The summed E-state index contributed by atoms with van der Waals surface area (Å²) >= 11 is 1.45. The molecule has 4 N–H and O–H groups in total. The number of nitrogens with two attached hydrogens (primary N) is 1. The molecule has 6 nitrogen and oxygen atoms in total. The van der Waals surface area contributed by atoms with Crippen molar-refractivity contribution in [3.8, 4) is 0 Å². The summed E-state index contributed by atoms with van der Waals surface area (Å²) in [6, 6.07) is 0. The van der Waals surface area contributed by atoms with Gasteiger partial charge in [-0.3, -0.25) is 4.79 Å². The molecule has 1 aromatic heterocycles. The molecule has 102 valence electrons. The predicted octanol–water partition coefficient (Wildman–Crippen LogP) is -0.227. The first-order chi connectivity index (χ1) is 8.77.